The molecule has 1 amide bonds. The molecule has 0 bridgehead atoms. The van der Waals surface area contributed by atoms with Crippen molar-refractivity contribution in [3.8, 4) is 0 Å². The van der Waals surface area contributed by atoms with Crippen molar-refractivity contribution in [1.82, 2.24) is 4.90 Å². The lowest BCUT2D eigenvalue weighted by Crippen LogP contribution is -2.41. The van der Waals surface area contributed by atoms with Crippen molar-refractivity contribution in [1.29, 1.82) is 0 Å². The first-order valence-corrected chi connectivity index (χ1v) is 9.42. The maximum atomic E-state index is 13.1. The van der Waals surface area contributed by atoms with Crippen molar-refractivity contribution in [2.75, 3.05) is 6.54 Å². The summed E-state index contributed by atoms with van der Waals surface area (Å²) in [4.78, 5) is 39.5. The van der Waals surface area contributed by atoms with Gasteiger partial charge in [0, 0.05) is 25.5 Å². The number of carbonyl (C=O) groups is 3. The van der Waals surface area contributed by atoms with Crippen molar-refractivity contribution in [3.05, 3.63) is 46.0 Å². The van der Waals surface area contributed by atoms with E-state index in [0.29, 0.717) is 5.57 Å². The molecule has 2 atom stereocenters. The van der Waals surface area contributed by atoms with Gasteiger partial charge in [-0.25, -0.2) is 0 Å². The number of ketones is 2. The molecule has 1 aromatic rings. The number of nitrogens with zero attached hydrogens (tertiary/aromatic N) is 1. The Kier molecular flexibility index (Phi) is 5.12. The highest BCUT2D eigenvalue weighted by Crippen LogP contribution is 2.36. The quantitative estimate of drug-likeness (QED) is 0.603. The molecule has 0 N–H and O–H groups in total. The number of allylic oxidation sites excluding steroid dienone is 1. The third-order valence-electron chi connectivity index (χ3n) is 5.64. The van der Waals surface area contributed by atoms with Crippen molar-refractivity contribution < 1.29 is 14.4 Å². The fourth-order valence-electron chi connectivity index (χ4n) is 4.54. The number of amides is 1. The van der Waals surface area contributed by atoms with E-state index in [9.17, 15) is 14.4 Å². The Balaban J connectivity index is 1.93. The summed E-state index contributed by atoms with van der Waals surface area (Å²) in [6.07, 6.45) is 4.96. The van der Waals surface area contributed by atoms with Gasteiger partial charge in [0.05, 0.1) is 6.04 Å². The number of benzene rings is 1. The van der Waals surface area contributed by atoms with Gasteiger partial charge in [0.2, 0.25) is 5.91 Å². The molecule has 138 valence electrons. The predicted molar refractivity (Wildman–Crippen MR) is 101 cm³/mol. The minimum atomic E-state index is -0.684. The van der Waals surface area contributed by atoms with E-state index in [1.54, 1.807) is 6.92 Å². The SMILES string of the molecule is CC(=O)N1CCCCC1C=C1CC(=O)C(c2c(C)cc(C)cc2C)C1=O. The van der Waals surface area contributed by atoms with Crippen LogP contribution in [0.2, 0.25) is 0 Å². The van der Waals surface area contributed by atoms with E-state index < -0.39 is 5.92 Å². The molecule has 1 aliphatic heterocycles. The predicted octanol–water partition coefficient (Wildman–Crippen LogP) is 3.56. The summed E-state index contributed by atoms with van der Waals surface area (Å²) >= 11 is 0. The highest BCUT2D eigenvalue weighted by atomic mass is 16.2. The molecule has 4 heteroatoms. The topological polar surface area (TPSA) is 54.5 Å². The van der Waals surface area contributed by atoms with Gasteiger partial charge >= 0.3 is 0 Å². The number of Topliss-reactive ketones (excluding diaryl/α,β-unsaturated/α-hetero) is 2. The average Bonchev–Trinajstić information content (AvgIpc) is 2.82. The molecular formula is C22H27NO3. The summed E-state index contributed by atoms with van der Waals surface area (Å²) in [5.41, 5.74) is 4.58. The second-order valence-corrected chi connectivity index (χ2v) is 7.72. The van der Waals surface area contributed by atoms with Crippen LogP contribution in [0.25, 0.3) is 0 Å². The van der Waals surface area contributed by atoms with Gasteiger partial charge in [-0.05, 0) is 56.7 Å². The second-order valence-electron chi connectivity index (χ2n) is 7.72. The molecule has 1 heterocycles. The van der Waals surface area contributed by atoms with E-state index >= 15 is 0 Å². The van der Waals surface area contributed by atoms with E-state index in [4.69, 9.17) is 0 Å². The van der Waals surface area contributed by atoms with Gasteiger partial charge in [-0.1, -0.05) is 23.8 Å². The van der Waals surface area contributed by atoms with Crippen molar-refractivity contribution in [3.63, 3.8) is 0 Å². The Hall–Kier alpha value is -2.23. The first kappa shape index (κ1) is 18.6. The summed E-state index contributed by atoms with van der Waals surface area (Å²) in [5, 5.41) is 0. The molecule has 2 fully saturated rings. The molecular weight excluding hydrogens is 326 g/mol. The fraction of sp³-hybridized carbons (Fsp3) is 0.500. The minimum absolute atomic E-state index is 0.0264. The number of piperidine rings is 1. The minimum Gasteiger partial charge on any atom is -0.336 e. The van der Waals surface area contributed by atoms with Gasteiger partial charge in [0.15, 0.2) is 11.6 Å². The Labute approximate surface area is 155 Å². The number of rotatable bonds is 2. The van der Waals surface area contributed by atoms with Crippen LogP contribution in [-0.2, 0) is 14.4 Å². The molecule has 2 aliphatic rings. The standard InChI is InChI=1S/C22H27NO3/c1-13-9-14(2)20(15(3)10-13)21-19(25)12-17(22(21)26)11-18-7-5-6-8-23(18)16(4)24/h9-11,18,21H,5-8,12H2,1-4H3. The maximum Gasteiger partial charge on any atom is 0.219 e. The van der Waals surface area contributed by atoms with E-state index in [-0.39, 0.29) is 29.9 Å². The van der Waals surface area contributed by atoms with Crippen molar-refractivity contribution >= 4 is 17.5 Å². The van der Waals surface area contributed by atoms with E-state index in [1.807, 2.05) is 43.9 Å². The second kappa shape index (κ2) is 7.18. The molecule has 1 aromatic carbocycles. The summed E-state index contributed by atoms with van der Waals surface area (Å²) in [6, 6.07) is 4.00. The van der Waals surface area contributed by atoms with Crippen molar-refractivity contribution in [2.45, 2.75) is 65.3 Å². The van der Waals surface area contributed by atoms with Gasteiger partial charge in [-0.15, -0.1) is 0 Å². The number of carbonyl (C=O) groups excluding carboxylic acids is 3. The zero-order valence-electron chi connectivity index (χ0n) is 16.1. The van der Waals surface area contributed by atoms with Crippen LogP contribution < -0.4 is 0 Å². The Morgan fingerprint density at radius 2 is 1.77 bits per heavy atom. The number of hydrogen-bond donors (Lipinski definition) is 0. The molecule has 0 aromatic heterocycles. The van der Waals surface area contributed by atoms with Crippen molar-refractivity contribution in [2.24, 2.45) is 0 Å². The zero-order chi connectivity index (χ0) is 19.0. The molecule has 4 nitrogen and oxygen atoms in total. The van der Waals surface area contributed by atoms with Crippen LogP contribution >= 0.6 is 0 Å². The molecule has 0 radical (unpaired) electrons. The van der Waals surface area contributed by atoms with Crippen LogP contribution in [0.15, 0.2) is 23.8 Å². The molecule has 26 heavy (non-hydrogen) atoms. The monoisotopic (exact) mass is 353 g/mol. The molecule has 1 saturated carbocycles. The van der Waals surface area contributed by atoms with Gasteiger partial charge in [0.25, 0.3) is 0 Å². The summed E-state index contributed by atoms with van der Waals surface area (Å²) in [7, 11) is 0. The highest BCUT2D eigenvalue weighted by Gasteiger charge is 2.40. The molecule has 0 spiro atoms. The zero-order valence-corrected chi connectivity index (χ0v) is 16.1. The van der Waals surface area contributed by atoms with Crippen LogP contribution in [-0.4, -0.2) is 35.0 Å². The first-order chi connectivity index (χ1) is 12.3. The van der Waals surface area contributed by atoms with Gasteiger partial charge in [-0.3, -0.25) is 14.4 Å². The first-order valence-electron chi connectivity index (χ1n) is 9.42. The van der Waals surface area contributed by atoms with E-state index in [0.717, 1.165) is 48.1 Å². The number of hydrogen-bond acceptors (Lipinski definition) is 3. The van der Waals surface area contributed by atoms with Crippen LogP contribution in [0.5, 0.6) is 0 Å². The molecule has 2 unspecified atom stereocenters. The van der Waals surface area contributed by atoms with E-state index in [1.165, 1.54) is 0 Å². The lowest BCUT2D eigenvalue weighted by atomic mass is 9.87. The smallest absolute Gasteiger partial charge is 0.219 e. The van der Waals surface area contributed by atoms with Crippen LogP contribution in [0, 0.1) is 20.8 Å². The lowest BCUT2D eigenvalue weighted by Gasteiger charge is -2.33. The average molecular weight is 353 g/mol. The van der Waals surface area contributed by atoms with Crippen LogP contribution in [0.1, 0.15) is 60.8 Å². The van der Waals surface area contributed by atoms with Crippen LogP contribution in [0.4, 0.5) is 0 Å². The fourth-order valence-corrected chi connectivity index (χ4v) is 4.54. The van der Waals surface area contributed by atoms with Crippen LogP contribution in [0.3, 0.4) is 0 Å². The Morgan fingerprint density at radius 1 is 1.12 bits per heavy atom. The number of likely N-dealkylation sites (tertiary alicyclic amines) is 1. The Bertz CT molecular complexity index is 783. The molecule has 1 saturated heterocycles. The summed E-state index contributed by atoms with van der Waals surface area (Å²) < 4.78 is 0. The lowest BCUT2D eigenvalue weighted by molar-refractivity contribution is -0.131. The number of aryl methyl sites for hydroxylation is 3. The van der Waals surface area contributed by atoms with Gasteiger partial charge < -0.3 is 4.90 Å². The third-order valence-corrected chi connectivity index (χ3v) is 5.64. The molecule has 1 aliphatic carbocycles. The van der Waals surface area contributed by atoms with Gasteiger partial charge in [0.1, 0.15) is 5.92 Å². The Morgan fingerprint density at radius 3 is 2.38 bits per heavy atom. The van der Waals surface area contributed by atoms with E-state index in [2.05, 4.69) is 0 Å². The highest BCUT2D eigenvalue weighted by molar-refractivity contribution is 6.23. The normalized spacial score (nSPS) is 25.2. The largest absolute Gasteiger partial charge is 0.336 e. The summed E-state index contributed by atoms with van der Waals surface area (Å²) in [6.45, 7) is 8.26. The maximum absolute atomic E-state index is 13.1. The van der Waals surface area contributed by atoms with Gasteiger partial charge in [-0.2, -0.15) is 0 Å². The molecule has 3 rings (SSSR count). The summed E-state index contributed by atoms with van der Waals surface area (Å²) in [5.74, 6) is -0.762. The third kappa shape index (κ3) is 3.37.